The van der Waals surface area contributed by atoms with E-state index in [1.165, 1.54) is 31.3 Å². The van der Waals surface area contributed by atoms with Crippen LogP contribution >= 0.6 is 27.5 Å². The van der Waals surface area contributed by atoms with E-state index in [9.17, 15) is 14.0 Å². The number of hydrazone groups is 1. The molecule has 0 aliphatic rings. The van der Waals surface area contributed by atoms with Gasteiger partial charge in [0, 0.05) is 5.02 Å². The molecule has 2 amide bonds. The highest BCUT2D eigenvalue weighted by atomic mass is 79.9. The lowest BCUT2D eigenvalue weighted by molar-refractivity contribution is -0.131. The highest BCUT2D eigenvalue weighted by Gasteiger charge is 2.22. The van der Waals surface area contributed by atoms with Crippen LogP contribution in [0.3, 0.4) is 0 Å². The van der Waals surface area contributed by atoms with Crippen molar-refractivity contribution in [2.45, 2.75) is 20.5 Å². The molecule has 0 saturated carbocycles. The molecule has 1 unspecified atom stereocenters. The van der Waals surface area contributed by atoms with E-state index in [4.69, 9.17) is 21.1 Å². The van der Waals surface area contributed by atoms with Crippen LogP contribution in [-0.2, 0) is 16.2 Å². The first-order valence-electron chi connectivity index (χ1n) is 11.0. The Bertz CT molecular complexity index is 1250. The normalized spacial score (nSPS) is 11.7. The van der Waals surface area contributed by atoms with Gasteiger partial charge in [-0.1, -0.05) is 35.9 Å². The van der Waals surface area contributed by atoms with Crippen LogP contribution in [0.4, 0.5) is 10.1 Å². The van der Waals surface area contributed by atoms with Crippen molar-refractivity contribution in [1.82, 2.24) is 5.43 Å². The summed E-state index contributed by atoms with van der Waals surface area (Å²) >= 11 is 9.42. The number of hydrogen-bond donors (Lipinski definition) is 2. The van der Waals surface area contributed by atoms with Crippen molar-refractivity contribution in [1.29, 1.82) is 0 Å². The van der Waals surface area contributed by atoms with Crippen LogP contribution in [0.25, 0.3) is 0 Å². The Hall–Kier alpha value is -3.43. The van der Waals surface area contributed by atoms with Crippen LogP contribution in [0.1, 0.15) is 25.0 Å². The number of amides is 2. The molecule has 36 heavy (non-hydrogen) atoms. The third kappa shape index (κ3) is 7.53. The highest BCUT2D eigenvalue weighted by molar-refractivity contribution is 9.10. The molecule has 3 aromatic rings. The Morgan fingerprint density at radius 3 is 2.53 bits per heavy atom. The maximum atomic E-state index is 13.7. The average molecular weight is 577 g/mol. The number of carbonyl (C=O) groups is 2. The van der Waals surface area contributed by atoms with E-state index in [1.54, 1.807) is 30.3 Å². The molecule has 0 aliphatic heterocycles. The Balaban J connectivity index is 1.63. The molecular formula is C26H24BrClFN3O4. The summed E-state index contributed by atoms with van der Waals surface area (Å²) in [5.41, 5.74) is 3.88. The van der Waals surface area contributed by atoms with E-state index >= 15 is 0 Å². The van der Waals surface area contributed by atoms with Gasteiger partial charge < -0.3 is 14.8 Å². The number of hydrogen-bond acceptors (Lipinski definition) is 5. The van der Waals surface area contributed by atoms with Crippen molar-refractivity contribution < 1.29 is 23.5 Å². The third-order valence-corrected chi connectivity index (χ3v) is 5.78. The van der Waals surface area contributed by atoms with Crippen LogP contribution < -0.4 is 20.2 Å². The number of benzene rings is 3. The second-order valence-corrected chi connectivity index (χ2v) is 8.89. The molecule has 1 atom stereocenters. The lowest BCUT2D eigenvalue weighted by Gasteiger charge is -2.15. The van der Waals surface area contributed by atoms with E-state index < -0.39 is 23.5 Å². The largest absolute Gasteiger partial charge is 0.490 e. The maximum Gasteiger partial charge on any atom is 0.252 e. The Morgan fingerprint density at radius 2 is 1.83 bits per heavy atom. The summed E-state index contributed by atoms with van der Waals surface area (Å²) in [7, 11) is 0. The number of para-hydroxylation sites is 1. The van der Waals surface area contributed by atoms with E-state index in [0.717, 1.165) is 5.56 Å². The topological polar surface area (TPSA) is 89.0 Å². The summed E-state index contributed by atoms with van der Waals surface area (Å²) in [5, 5.41) is 6.97. The Kier molecular flexibility index (Phi) is 9.84. The molecule has 10 heteroatoms. The predicted octanol–water partition coefficient (Wildman–Crippen LogP) is 5.94. The zero-order chi connectivity index (χ0) is 26.1. The van der Waals surface area contributed by atoms with Gasteiger partial charge in [0.1, 0.15) is 18.3 Å². The fourth-order valence-corrected chi connectivity index (χ4v) is 3.69. The summed E-state index contributed by atoms with van der Waals surface area (Å²) < 4.78 is 26.0. The maximum absolute atomic E-state index is 13.7. The first kappa shape index (κ1) is 27.2. The minimum atomic E-state index is -1.10. The summed E-state index contributed by atoms with van der Waals surface area (Å²) in [5.74, 6) is -1.98. The molecular weight excluding hydrogens is 553 g/mol. The van der Waals surface area contributed by atoms with E-state index in [-0.39, 0.29) is 5.69 Å². The van der Waals surface area contributed by atoms with Gasteiger partial charge in [0.2, 0.25) is 5.91 Å². The number of carbonyl (C=O) groups excluding carboxylic acids is 2. The number of nitrogens with one attached hydrogen (secondary N) is 2. The first-order valence-corrected chi connectivity index (χ1v) is 12.2. The average Bonchev–Trinajstić information content (AvgIpc) is 2.85. The second kappa shape index (κ2) is 13.0. The number of rotatable bonds is 10. The molecule has 0 fully saturated rings. The predicted molar refractivity (Wildman–Crippen MR) is 141 cm³/mol. The fraction of sp³-hybridized carbons (Fsp3) is 0.192. The number of halogens is 3. The minimum Gasteiger partial charge on any atom is -0.490 e. The van der Waals surface area contributed by atoms with Crippen molar-refractivity contribution in [3.8, 4) is 11.5 Å². The third-order valence-electron chi connectivity index (χ3n) is 4.93. The quantitative estimate of drug-likeness (QED) is 0.178. The molecule has 0 saturated heterocycles. The van der Waals surface area contributed by atoms with Gasteiger partial charge >= 0.3 is 0 Å². The van der Waals surface area contributed by atoms with Crippen LogP contribution in [0.2, 0.25) is 5.02 Å². The highest BCUT2D eigenvalue weighted by Crippen LogP contribution is 2.37. The van der Waals surface area contributed by atoms with E-state index in [0.29, 0.717) is 39.8 Å². The van der Waals surface area contributed by atoms with Gasteiger partial charge in [0.25, 0.3) is 5.91 Å². The monoisotopic (exact) mass is 575 g/mol. The van der Waals surface area contributed by atoms with Crippen molar-refractivity contribution in [2.75, 3.05) is 11.9 Å². The van der Waals surface area contributed by atoms with Gasteiger partial charge in [-0.3, -0.25) is 9.59 Å². The molecule has 0 radical (unpaired) electrons. The number of ether oxygens (including phenoxy) is 2. The van der Waals surface area contributed by atoms with Crippen LogP contribution in [0.15, 0.2) is 70.2 Å². The van der Waals surface area contributed by atoms with Gasteiger partial charge in [-0.15, -0.1) is 0 Å². The van der Waals surface area contributed by atoms with Crippen molar-refractivity contribution in [3.63, 3.8) is 0 Å². The smallest absolute Gasteiger partial charge is 0.252 e. The van der Waals surface area contributed by atoms with Gasteiger partial charge in [0.05, 0.1) is 23.0 Å². The van der Waals surface area contributed by atoms with Crippen LogP contribution in [0.5, 0.6) is 11.5 Å². The SMILES string of the molecule is CCOc1cc(C=NNC(=O)C(C)C(=O)Nc2ccccc2F)cc(Br)c1OCc1ccc(Cl)cc1. The Morgan fingerprint density at radius 1 is 1.11 bits per heavy atom. The zero-order valence-electron chi connectivity index (χ0n) is 19.6. The molecule has 2 N–H and O–H groups in total. The van der Waals surface area contributed by atoms with Crippen LogP contribution in [-0.4, -0.2) is 24.6 Å². The van der Waals surface area contributed by atoms with Crippen LogP contribution in [0, 0.1) is 11.7 Å². The molecule has 3 rings (SSSR count). The number of anilines is 1. The molecule has 0 bridgehead atoms. The van der Waals surface area contributed by atoms with Gasteiger partial charge in [-0.05, 0) is 77.3 Å². The second-order valence-electron chi connectivity index (χ2n) is 7.60. The fourth-order valence-electron chi connectivity index (χ4n) is 2.99. The van der Waals surface area contributed by atoms with Crippen molar-refractivity contribution in [2.24, 2.45) is 11.0 Å². The Labute approximate surface area is 221 Å². The van der Waals surface area contributed by atoms with Gasteiger partial charge in [0.15, 0.2) is 11.5 Å². The van der Waals surface area contributed by atoms with Gasteiger partial charge in [-0.2, -0.15) is 5.10 Å². The molecule has 188 valence electrons. The summed E-state index contributed by atoms with van der Waals surface area (Å²) in [6.45, 7) is 3.98. The lowest BCUT2D eigenvalue weighted by Crippen LogP contribution is -2.34. The number of nitrogens with zero attached hydrogens (tertiary/aromatic N) is 1. The molecule has 0 aromatic heterocycles. The van der Waals surface area contributed by atoms with E-state index in [2.05, 4.69) is 31.8 Å². The lowest BCUT2D eigenvalue weighted by atomic mass is 10.1. The summed E-state index contributed by atoms with van der Waals surface area (Å²) in [6, 6.07) is 16.5. The summed E-state index contributed by atoms with van der Waals surface area (Å²) in [6.07, 6.45) is 1.41. The van der Waals surface area contributed by atoms with E-state index in [1.807, 2.05) is 19.1 Å². The van der Waals surface area contributed by atoms with Crippen molar-refractivity contribution >= 4 is 51.2 Å². The summed E-state index contributed by atoms with van der Waals surface area (Å²) in [4.78, 5) is 24.6. The molecule has 7 nitrogen and oxygen atoms in total. The molecule has 0 heterocycles. The standard InChI is InChI=1S/C26H24BrClFN3O4/c1-3-35-23-13-18(12-20(27)24(23)36-15-17-8-10-19(28)11-9-17)14-30-32-26(34)16(2)25(33)31-22-7-5-4-6-21(22)29/h4-14,16H,3,15H2,1-2H3,(H,31,33)(H,32,34). The first-order chi connectivity index (χ1) is 17.3. The van der Waals surface area contributed by atoms with Crippen molar-refractivity contribution in [3.05, 3.63) is 87.1 Å². The minimum absolute atomic E-state index is 0.00248. The zero-order valence-corrected chi connectivity index (χ0v) is 21.9. The van der Waals surface area contributed by atoms with Gasteiger partial charge in [-0.25, -0.2) is 9.82 Å². The molecule has 3 aromatic carbocycles. The molecule has 0 spiro atoms. The molecule has 0 aliphatic carbocycles.